The number of carboxylic acid groups (broad SMARTS) is 1. The molecule has 13 nitrogen and oxygen atoms in total. The van der Waals surface area contributed by atoms with Gasteiger partial charge in [0, 0.05) is 5.92 Å². The van der Waals surface area contributed by atoms with Gasteiger partial charge in [0.05, 0.1) is 25.2 Å². The first kappa shape index (κ1) is 19.1. The lowest BCUT2D eigenvalue weighted by atomic mass is 9.84. The summed E-state index contributed by atoms with van der Waals surface area (Å²) in [7, 11) is 0. The minimum atomic E-state index is -1.28. The van der Waals surface area contributed by atoms with Crippen molar-refractivity contribution in [2.24, 2.45) is 11.8 Å². The van der Waals surface area contributed by atoms with Crippen LogP contribution in [0.5, 0.6) is 0 Å². The number of ether oxygens (including phenoxy) is 2. The Morgan fingerprint density at radius 1 is 1.16 bits per heavy atom. The van der Waals surface area contributed by atoms with Crippen molar-refractivity contribution in [3.05, 3.63) is 20.2 Å². The van der Waals surface area contributed by atoms with E-state index in [9.17, 15) is 35.2 Å². The van der Waals surface area contributed by atoms with Gasteiger partial charge in [-0.05, 0) is 12.8 Å². The Kier molecular flexibility index (Phi) is 6.27. The molecule has 0 aliphatic carbocycles. The highest BCUT2D eigenvalue weighted by atomic mass is 17.0. The smallest absolute Gasteiger partial charge is 0.306 e. The summed E-state index contributed by atoms with van der Waals surface area (Å²) in [6.45, 7) is -0.583. The Hall–Kier alpha value is -2.25. The maximum Gasteiger partial charge on any atom is 0.306 e. The van der Waals surface area contributed by atoms with E-state index in [1.165, 1.54) is 0 Å². The number of nitrogens with zero attached hydrogens (tertiary/aromatic N) is 2. The van der Waals surface area contributed by atoms with Crippen molar-refractivity contribution in [1.29, 1.82) is 0 Å². The third-order valence-corrected chi connectivity index (χ3v) is 4.30. The van der Waals surface area contributed by atoms with Crippen LogP contribution in [0.3, 0.4) is 0 Å². The van der Waals surface area contributed by atoms with Gasteiger partial charge in [-0.1, -0.05) is 0 Å². The molecule has 0 bridgehead atoms. The topological polar surface area (TPSA) is 181 Å². The van der Waals surface area contributed by atoms with Crippen molar-refractivity contribution >= 4 is 5.97 Å². The zero-order valence-electron chi connectivity index (χ0n) is 13.0. The first-order valence-electron chi connectivity index (χ1n) is 7.52. The number of aliphatic hydroxyl groups excluding tert-OH is 1. The maximum absolute atomic E-state index is 11.6. The second kappa shape index (κ2) is 8.22. The summed E-state index contributed by atoms with van der Waals surface area (Å²) in [5, 5.41) is 37.6. The Balaban J connectivity index is 1.96. The molecule has 2 saturated heterocycles. The van der Waals surface area contributed by atoms with Crippen LogP contribution in [0.15, 0.2) is 0 Å². The van der Waals surface area contributed by atoms with Gasteiger partial charge in [-0.25, -0.2) is 0 Å². The molecule has 2 N–H and O–H groups in total. The predicted octanol–water partition coefficient (Wildman–Crippen LogP) is -0.973. The van der Waals surface area contributed by atoms with Gasteiger partial charge in [0.25, 0.3) is 10.2 Å². The molecule has 2 fully saturated rings. The number of hydrogen-bond donors (Lipinski definition) is 2. The van der Waals surface area contributed by atoms with Crippen LogP contribution < -0.4 is 0 Å². The highest BCUT2D eigenvalue weighted by molar-refractivity contribution is 5.70. The van der Waals surface area contributed by atoms with Crippen LogP contribution in [-0.2, 0) is 23.9 Å². The van der Waals surface area contributed by atoms with Crippen molar-refractivity contribution in [2.45, 2.75) is 37.3 Å². The van der Waals surface area contributed by atoms with Crippen LogP contribution >= 0.6 is 0 Å². The van der Waals surface area contributed by atoms with Gasteiger partial charge in [-0.2, -0.15) is 0 Å². The van der Waals surface area contributed by atoms with E-state index in [4.69, 9.17) is 9.47 Å². The predicted molar refractivity (Wildman–Crippen MR) is 74.2 cm³/mol. The highest BCUT2D eigenvalue weighted by Gasteiger charge is 2.51. The number of aliphatic carboxylic acids is 1. The molecule has 2 rings (SSSR count). The molecule has 0 aromatic carbocycles. The molecule has 13 heteroatoms. The Bertz CT molecular complexity index is 515. The van der Waals surface area contributed by atoms with E-state index in [0.29, 0.717) is 0 Å². The minimum absolute atomic E-state index is 0.0436. The fraction of sp³-hybridized carbons (Fsp3) is 0.917. The molecule has 0 aromatic rings. The normalized spacial score (nSPS) is 30.3. The number of rotatable bonds is 10. The molecule has 2 aliphatic rings. The molecule has 142 valence electrons. The van der Waals surface area contributed by atoms with Crippen molar-refractivity contribution < 1.29 is 44.3 Å². The Morgan fingerprint density at radius 2 is 1.84 bits per heavy atom. The third kappa shape index (κ3) is 4.87. The van der Waals surface area contributed by atoms with Crippen molar-refractivity contribution in [3.63, 3.8) is 0 Å². The maximum atomic E-state index is 11.6. The molecule has 0 aromatic heterocycles. The van der Waals surface area contributed by atoms with E-state index < -0.39 is 59.0 Å². The lowest BCUT2D eigenvalue weighted by Gasteiger charge is -2.24. The molecule has 1 unspecified atom stereocenters. The molecule has 0 radical (unpaired) electrons. The van der Waals surface area contributed by atoms with Crippen molar-refractivity contribution in [3.8, 4) is 0 Å². The summed E-state index contributed by atoms with van der Waals surface area (Å²) in [5.41, 5.74) is 0. The number of carbonyl (C=O) groups is 1. The van der Waals surface area contributed by atoms with Gasteiger partial charge >= 0.3 is 5.97 Å². The summed E-state index contributed by atoms with van der Waals surface area (Å²) in [6.07, 6.45) is -3.51. The third-order valence-electron chi connectivity index (χ3n) is 4.30. The summed E-state index contributed by atoms with van der Waals surface area (Å²) >= 11 is 0. The summed E-state index contributed by atoms with van der Waals surface area (Å²) in [4.78, 5) is 40.6. The van der Waals surface area contributed by atoms with Crippen LogP contribution in [0.4, 0.5) is 0 Å². The fourth-order valence-electron chi connectivity index (χ4n) is 3.17. The Morgan fingerprint density at radius 3 is 2.44 bits per heavy atom. The molecular formula is C12H18N2O11. The van der Waals surface area contributed by atoms with E-state index in [1.54, 1.807) is 0 Å². The van der Waals surface area contributed by atoms with Crippen LogP contribution in [0.1, 0.15) is 12.8 Å². The zero-order valence-corrected chi connectivity index (χ0v) is 13.0. The fourth-order valence-corrected chi connectivity index (χ4v) is 3.17. The van der Waals surface area contributed by atoms with E-state index in [2.05, 4.69) is 9.68 Å². The van der Waals surface area contributed by atoms with E-state index in [-0.39, 0.29) is 26.1 Å². The van der Waals surface area contributed by atoms with Crippen LogP contribution in [-0.4, -0.2) is 70.6 Å². The van der Waals surface area contributed by atoms with Gasteiger partial charge in [-0.15, -0.1) is 20.2 Å². The van der Waals surface area contributed by atoms with E-state index in [0.717, 1.165) is 0 Å². The minimum Gasteiger partial charge on any atom is -0.481 e. The van der Waals surface area contributed by atoms with E-state index in [1.807, 2.05) is 0 Å². The lowest BCUT2D eigenvalue weighted by molar-refractivity contribution is -0.790. The standard InChI is InChI=1S/C12H18N2O11/c15-9-5-23-10-8(4-22-11(9)10)7(12(16)17)2-1-6(25-14(20)21)3-24-13(18)19/h6-11,15H,1-5H2,(H,16,17)/t6-,7?,8-,9+,10+,11+/m0/s1. The van der Waals surface area contributed by atoms with Crippen LogP contribution in [0.2, 0.25) is 0 Å². The number of aliphatic hydroxyl groups is 1. The average molecular weight is 366 g/mol. The molecule has 0 saturated carbocycles. The lowest BCUT2D eigenvalue weighted by Crippen LogP contribution is -2.36. The van der Waals surface area contributed by atoms with E-state index >= 15 is 0 Å². The monoisotopic (exact) mass is 366 g/mol. The SMILES string of the molecule is O=C(O)C(CC[C@@H](CO[N+](=O)[O-])O[N+](=O)[O-])[C@@H]1CO[C@H]2[C@@H]1OC[C@H]2O. The largest absolute Gasteiger partial charge is 0.481 e. The molecular weight excluding hydrogens is 348 g/mol. The molecule has 0 spiro atoms. The van der Waals surface area contributed by atoms with Gasteiger partial charge in [-0.3, -0.25) is 4.79 Å². The second-order valence-corrected chi connectivity index (χ2v) is 5.82. The van der Waals surface area contributed by atoms with Crippen LogP contribution in [0, 0.1) is 32.1 Å². The number of fused-ring (bicyclic) bond motifs is 1. The average Bonchev–Trinajstić information content (AvgIpc) is 3.08. The summed E-state index contributed by atoms with van der Waals surface area (Å²) < 4.78 is 10.8. The highest BCUT2D eigenvalue weighted by Crippen LogP contribution is 2.37. The first-order chi connectivity index (χ1) is 11.8. The number of hydrogen-bond acceptors (Lipinski definition) is 10. The summed E-state index contributed by atoms with van der Waals surface area (Å²) in [6, 6.07) is 0. The van der Waals surface area contributed by atoms with Crippen LogP contribution in [0.25, 0.3) is 0 Å². The first-order valence-corrected chi connectivity index (χ1v) is 7.52. The van der Waals surface area contributed by atoms with Gasteiger partial charge < -0.3 is 29.4 Å². The van der Waals surface area contributed by atoms with Crippen molar-refractivity contribution in [2.75, 3.05) is 19.8 Å². The molecule has 6 atom stereocenters. The molecule has 0 amide bonds. The molecule has 25 heavy (non-hydrogen) atoms. The summed E-state index contributed by atoms with van der Waals surface area (Å²) in [5.74, 6) is -2.68. The van der Waals surface area contributed by atoms with Gasteiger partial charge in [0.1, 0.15) is 24.9 Å². The zero-order chi connectivity index (χ0) is 18.6. The molecule has 2 heterocycles. The number of carboxylic acids is 1. The van der Waals surface area contributed by atoms with Crippen molar-refractivity contribution in [1.82, 2.24) is 0 Å². The van der Waals surface area contributed by atoms with Gasteiger partial charge in [0.15, 0.2) is 0 Å². The molecule has 2 aliphatic heterocycles. The quantitative estimate of drug-likeness (QED) is 0.358. The van der Waals surface area contributed by atoms with Gasteiger partial charge in [0.2, 0.25) is 0 Å². The second-order valence-electron chi connectivity index (χ2n) is 5.82. The Labute approximate surface area is 140 Å².